The van der Waals surface area contributed by atoms with Gasteiger partial charge in [0.05, 0.1) is 12.2 Å². The van der Waals surface area contributed by atoms with Gasteiger partial charge in [0, 0.05) is 24.5 Å². The van der Waals surface area contributed by atoms with E-state index in [1.54, 1.807) is 0 Å². The molecule has 1 saturated heterocycles. The Bertz CT molecular complexity index is 858. The molecule has 27 heavy (non-hydrogen) atoms. The lowest BCUT2D eigenvalue weighted by Crippen LogP contribution is -2.44. The minimum Gasteiger partial charge on any atom is -0.480 e. The minimum atomic E-state index is -0.839. The average molecular weight is 391 g/mol. The van der Waals surface area contributed by atoms with Crippen LogP contribution in [0.25, 0.3) is 10.2 Å². The van der Waals surface area contributed by atoms with Gasteiger partial charge >= 0.3 is 5.97 Å². The quantitative estimate of drug-likeness (QED) is 0.563. The van der Waals surface area contributed by atoms with Crippen LogP contribution in [0.5, 0.6) is 0 Å². The molecule has 6 N–H and O–H groups in total. The Balaban J connectivity index is 1.85. The number of carboxylic acid groups (broad SMARTS) is 1. The first-order chi connectivity index (χ1) is 12.9. The number of hydrogen-bond donors (Lipinski definition) is 4. The van der Waals surface area contributed by atoms with Gasteiger partial charge in [-0.25, -0.2) is 4.98 Å². The molecule has 0 aliphatic carbocycles. The second-order valence-electron chi connectivity index (χ2n) is 6.81. The monoisotopic (exact) mass is 391 g/mol. The lowest BCUT2D eigenvalue weighted by atomic mass is 10.0. The highest BCUT2D eigenvalue weighted by Gasteiger charge is 2.23. The molecule has 1 amide bonds. The highest BCUT2D eigenvalue weighted by atomic mass is 32.1. The van der Waals surface area contributed by atoms with Crippen molar-refractivity contribution < 1.29 is 14.7 Å². The number of aromatic nitrogens is 1. The molecule has 0 aromatic carbocycles. The standard InChI is InChI=1S/C18H25N5O3S/c1-2-3-10-8-12(22-18-14(10)15(19)16(27-18)17(20)26)23-6-4-11(5-7-23)21-9-13(24)25/h8,11,21H,2-7,9,19H2,1H3,(H2,20,26)(H,24,25). The number of fused-ring (bicyclic) bond motifs is 1. The van der Waals surface area contributed by atoms with E-state index >= 15 is 0 Å². The van der Waals surface area contributed by atoms with Crippen LogP contribution in [0.2, 0.25) is 0 Å². The zero-order chi connectivity index (χ0) is 19.6. The largest absolute Gasteiger partial charge is 0.480 e. The number of hydrogen-bond acceptors (Lipinski definition) is 7. The highest BCUT2D eigenvalue weighted by Crippen LogP contribution is 2.37. The van der Waals surface area contributed by atoms with E-state index in [0.717, 1.165) is 60.4 Å². The molecule has 3 heterocycles. The minimum absolute atomic E-state index is 0.0140. The van der Waals surface area contributed by atoms with E-state index in [-0.39, 0.29) is 12.6 Å². The van der Waals surface area contributed by atoms with Crippen molar-refractivity contribution >= 4 is 44.9 Å². The van der Waals surface area contributed by atoms with Crippen molar-refractivity contribution in [2.24, 2.45) is 5.73 Å². The second-order valence-corrected chi connectivity index (χ2v) is 7.81. The molecule has 0 bridgehead atoms. The van der Waals surface area contributed by atoms with Crippen LogP contribution in [-0.2, 0) is 11.2 Å². The fraction of sp³-hybridized carbons (Fsp3) is 0.500. The predicted octanol–water partition coefficient (Wildman–Crippen LogP) is 1.57. The van der Waals surface area contributed by atoms with Crippen molar-refractivity contribution in [1.29, 1.82) is 0 Å². The highest BCUT2D eigenvalue weighted by molar-refractivity contribution is 7.21. The Morgan fingerprint density at radius 1 is 1.41 bits per heavy atom. The number of primary amides is 1. The number of nitrogens with zero attached hydrogens (tertiary/aromatic N) is 2. The summed E-state index contributed by atoms with van der Waals surface area (Å²) in [5.41, 5.74) is 13.1. The van der Waals surface area contributed by atoms with Crippen LogP contribution in [0, 0.1) is 0 Å². The Hall–Kier alpha value is -2.39. The number of aryl methyl sites for hydroxylation is 1. The fourth-order valence-corrected chi connectivity index (χ4v) is 4.53. The number of piperidine rings is 1. The lowest BCUT2D eigenvalue weighted by molar-refractivity contribution is -0.136. The zero-order valence-electron chi connectivity index (χ0n) is 15.3. The van der Waals surface area contributed by atoms with Crippen LogP contribution in [0.4, 0.5) is 11.5 Å². The van der Waals surface area contributed by atoms with Crippen LogP contribution in [0.1, 0.15) is 41.4 Å². The molecule has 1 aliphatic rings. The first-order valence-electron chi connectivity index (χ1n) is 9.12. The number of aliphatic carboxylic acids is 1. The van der Waals surface area contributed by atoms with Gasteiger partial charge in [-0.15, -0.1) is 11.3 Å². The van der Waals surface area contributed by atoms with Crippen molar-refractivity contribution in [2.45, 2.75) is 38.6 Å². The van der Waals surface area contributed by atoms with E-state index < -0.39 is 11.9 Å². The number of nitrogens with one attached hydrogen (secondary N) is 1. The van der Waals surface area contributed by atoms with Crippen LogP contribution >= 0.6 is 11.3 Å². The summed E-state index contributed by atoms with van der Waals surface area (Å²) < 4.78 is 0. The van der Waals surface area contributed by atoms with E-state index in [2.05, 4.69) is 23.2 Å². The van der Waals surface area contributed by atoms with Gasteiger partial charge in [-0.05, 0) is 30.9 Å². The lowest BCUT2D eigenvalue weighted by Gasteiger charge is -2.33. The zero-order valence-corrected chi connectivity index (χ0v) is 16.1. The molecule has 0 atom stereocenters. The molecule has 2 aromatic heterocycles. The van der Waals surface area contributed by atoms with Crippen LogP contribution < -0.4 is 21.7 Å². The van der Waals surface area contributed by atoms with E-state index in [0.29, 0.717) is 10.6 Å². The first kappa shape index (κ1) is 19.4. The van der Waals surface area contributed by atoms with Gasteiger partial charge in [0.2, 0.25) is 0 Å². The van der Waals surface area contributed by atoms with Crippen LogP contribution in [0.15, 0.2) is 6.07 Å². The number of anilines is 2. The van der Waals surface area contributed by atoms with Gasteiger partial charge < -0.3 is 26.8 Å². The predicted molar refractivity (Wildman–Crippen MR) is 107 cm³/mol. The van der Waals surface area contributed by atoms with Gasteiger partial charge in [0.1, 0.15) is 15.5 Å². The summed E-state index contributed by atoms with van der Waals surface area (Å²) in [6.07, 6.45) is 3.52. The number of carbonyl (C=O) groups excluding carboxylic acids is 1. The van der Waals surface area contributed by atoms with Crippen molar-refractivity contribution in [3.8, 4) is 0 Å². The van der Waals surface area contributed by atoms with Crippen molar-refractivity contribution in [1.82, 2.24) is 10.3 Å². The molecule has 2 aromatic rings. The number of nitrogens with two attached hydrogens (primary N) is 2. The smallest absolute Gasteiger partial charge is 0.317 e. The Morgan fingerprint density at radius 3 is 2.70 bits per heavy atom. The maximum absolute atomic E-state index is 11.7. The molecule has 146 valence electrons. The number of amides is 1. The number of carbonyl (C=O) groups is 2. The third-order valence-electron chi connectivity index (χ3n) is 4.87. The van der Waals surface area contributed by atoms with E-state index in [4.69, 9.17) is 21.6 Å². The SMILES string of the molecule is CCCc1cc(N2CCC(NCC(=O)O)CC2)nc2sc(C(N)=O)c(N)c12. The summed E-state index contributed by atoms with van der Waals surface area (Å²) in [5, 5.41) is 12.7. The average Bonchev–Trinajstić information content (AvgIpc) is 2.98. The molecular formula is C18H25N5O3S. The van der Waals surface area contributed by atoms with Gasteiger partial charge in [-0.1, -0.05) is 13.3 Å². The molecule has 0 unspecified atom stereocenters. The summed E-state index contributed by atoms with van der Waals surface area (Å²) in [4.78, 5) is 30.4. The second kappa shape index (κ2) is 8.10. The third-order valence-corrected chi connectivity index (χ3v) is 5.99. The Morgan fingerprint density at radius 2 is 2.11 bits per heavy atom. The first-order valence-corrected chi connectivity index (χ1v) is 9.94. The molecule has 3 rings (SSSR count). The molecule has 1 fully saturated rings. The van der Waals surface area contributed by atoms with E-state index in [1.165, 1.54) is 11.3 Å². The topological polar surface area (TPSA) is 135 Å². The molecule has 0 spiro atoms. The Kier molecular flexibility index (Phi) is 5.81. The maximum atomic E-state index is 11.7. The summed E-state index contributed by atoms with van der Waals surface area (Å²) in [6, 6.07) is 2.26. The fourth-order valence-electron chi connectivity index (χ4n) is 3.54. The van der Waals surface area contributed by atoms with E-state index in [9.17, 15) is 9.59 Å². The van der Waals surface area contributed by atoms with Crippen molar-refractivity contribution in [2.75, 3.05) is 30.3 Å². The molecule has 0 saturated carbocycles. The summed E-state index contributed by atoms with van der Waals surface area (Å²) >= 11 is 1.25. The maximum Gasteiger partial charge on any atom is 0.317 e. The van der Waals surface area contributed by atoms with Crippen LogP contribution in [0.3, 0.4) is 0 Å². The third kappa shape index (κ3) is 4.14. The molecule has 0 radical (unpaired) electrons. The van der Waals surface area contributed by atoms with Crippen molar-refractivity contribution in [3.63, 3.8) is 0 Å². The summed E-state index contributed by atoms with van der Waals surface area (Å²) in [7, 11) is 0. The van der Waals surface area contributed by atoms with Crippen molar-refractivity contribution in [3.05, 3.63) is 16.5 Å². The van der Waals surface area contributed by atoms with Gasteiger partial charge in [0.15, 0.2) is 0 Å². The molecular weight excluding hydrogens is 366 g/mol. The van der Waals surface area contributed by atoms with Gasteiger partial charge in [-0.3, -0.25) is 9.59 Å². The molecule has 9 heteroatoms. The number of carboxylic acids is 1. The number of pyridine rings is 1. The van der Waals surface area contributed by atoms with E-state index in [1.807, 2.05) is 0 Å². The van der Waals surface area contributed by atoms with Gasteiger partial charge in [0.25, 0.3) is 5.91 Å². The summed E-state index contributed by atoms with van der Waals surface area (Å²) in [6.45, 7) is 3.68. The summed E-state index contributed by atoms with van der Waals surface area (Å²) in [5.74, 6) is -0.487. The number of thiophene rings is 1. The number of nitrogen functional groups attached to an aromatic ring is 1. The van der Waals surface area contributed by atoms with Crippen LogP contribution in [-0.4, -0.2) is 47.6 Å². The number of rotatable bonds is 7. The Labute approximate surface area is 161 Å². The molecule has 1 aliphatic heterocycles. The normalized spacial score (nSPS) is 15.4. The van der Waals surface area contributed by atoms with Gasteiger partial charge in [-0.2, -0.15) is 0 Å². The molecule has 8 nitrogen and oxygen atoms in total.